The predicted octanol–water partition coefficient (Wildman–Crippen LogP) is 1.86. The first-order valence-electron chi connectivity index (χ1n) is 6.03. The second-order valence-corrected chi connectivity index (χ2v) is 5.23. The summed E-state index contributed by atoms with van der Waals surface area (Å²) in [5.74, 6) is -0.952. The van der Waals surface area contributed by atoms with Crippen molar-refractivity contribution in [3.05, 3.63) is 28.8 Å². The molecule has 0 heterocycles. The summed E-state index contributed by atoms with van der Waals surface area (Å²) in [4.78, 5) is 24.5. The Morgan fingerprint density at radius 1 is 1.37 bits per heavy atom. The highest BCUT2D eigenvalue weighted by molar-refractivity contribution is 6.31. The van der Waals surface area contributed by atoms with Crippen molar-refractivity contribution in [2.24, 2.45) is 5.92 Å². The Balaban J connectivity index is 2.18. The lowest BCUT2D eigenvalue weighted by Crippen LogP contribution is -2.37. The van der Waals surface area contributed by atoms with Crippen LogP contribution in [0.15, 0.2) is 18.2 Å². The van der Waals surface area contributed by atoms with Crippen LogP contribution in [-0.4, -0.2) is 35.0 Å². The Kier molecular flexibility index (Phi) is 3.95. The SMILES string of the molecule is Nc1cc(Cl)cc(C(=O)N(CC(=O)O)CC2CC2)c1. The van der Waals surface area contributed by atoms with Gasteiger partial charge in [0.05, 0.1) is 0 Å². The molecule has 1 aliphatic rings. The number of nitrogens with two attached hydrogens (primary N) is 1. The van der Waals surface area contributed by atoms with Crippen molar-refractivity contribution in [1.82, 2.24) is 4.90 Å². The van der Waals surface area contributed by atoms with Crippen molar-refractivity contribution < 1.29 is 14.7 Å². The van der Waals surface area contributed by atoms with E-state index in [0.29, 0.717) is 28.7 Å². The van der Waals surface area contributed by atoms with E-state index < -0.39 is 5.97 Å². The van der Waals surface area contributed by atoms with Crippen molar-refractivity contribution in [1.29, 1.82) is 0 Å². The molecule has 5 nitrogen and oxygen atoms in total. The van der Waals surface area contributed by atoms with Gasteiger partial charge in [-0.25, -0.2) is 0 Å². The zero-order valence-electron chi connectivity index (χ0n) is 10.3. The van der Waals surface area contributed by atoms with Crippen LogP contribution in [0.4, 0.5) is 5.69 Å². The topological polar surface area (TPSA) is 83.6 Å². The number of carboxylic acids is 1. The predicted molar refractivity (Wildman–Crippen MR) is 72.1 cm³/mol. The Hall–Kier alpha value is -1.75. The van der Waals surface area contributed by atoms with Gasteiger partial charge in [-0.2, -0.15) is 0 Å². The van der Waals surface area contributed by atoms with E-state index >= 15 is 0 Å². The summed E-state index contributed by atoms with van der Waals surface area (Å²) in [6.07, 6.45) is 2.09. The van der Waals surface area contributed by atoms with Gasteiger partial charge in [-0.05, 0) is 37.0 Å². The molecule has 1 aromatic rings. The fourth-order valence-corrected chi connectivity index (χ4v) is 2.16. The van der Waals surface area contributed by atoms with Crippen LogP contribution in [0.5, 0.6) is 0 Å². The molecular weight excluding hydrogens is 268 g/mol. The Labute approximate surface area is 116 Å². The van der Waals surface area contributed by atoms with Crippen LogP contribution in [0.2, 0.25) is 5.02 Å². The number of anilines is 1. The molecule has 1 saturated carbocycles. The number of halogens is 1. The van der Waals surface area contributed by atoms with E-state index in [-0.39, 0.29) is 12.5 Å². The molecule has 1 aromatic carbocycles. The fraction of sp³-hybridized carbons (Fsp3) is 0.385. The van der Waals surface area contributed by atoms with E-state index in [1.807, 2.05) is 0 Å². The highest BCUT2D eigenvalue weighted by Crippen LogP contribution is 2.30. The molecule has 1 amide bonds. The molecule has 6 heteroatoms. The van der Waals surface area contributed by atoms with Crippen LogP contribution in [0.3, 0.4) is 0 Å². The average Bonchev–Trinajstić information content (AvgIpc) is 3.09. The highest BCUT2D eigenvalue weighted by Gasteiger charge is 2.28. The lowest BCUT2D eigenvalue weighted by molar-refractivity contribution is -0.137. The molecule has 1 aliphatic carbocycles. The largest absolute Gasteiger partial charge is 0.480 e. The number of benzene rings is 1. The number of hydrogen-bond acceptors (Lipinski definition) is 3. The van der Waals surface area contributed by atoms with E-state index in [1.165, 1.54) is 17.0 Å². The molecule has 1 fully saturated rings. The van der Waals surface area contributed by atoms with Crippen LogP contribution in [0.25, 0.3) is 0 Å². The Morgan fingerprint density at radius 3 is 2.58 bits per heavy atom. The summed E-state index contributed by atoms with van der Waals surface area (Å²) >= 11 is 5.86. The van der Waals surface area contributed by atoms with Gasteiger partial charge in [-0.15, -0.1) is 0 Å². The van der Waals surface area contributed by atoms with Gasteiger partial charge in [0, 0.05) is 22.8 Å². The second kappa shape index (κ2) is 5.48. The molecule has 19 heavy (non-hydrogen) atoms. The molecule has 0 spiro atoms. The quantitative estimate of drug-likeness (QED) is 0.808. The number of hydrogen-bond donors (Lipinski definition) is 2. The van der Waals surface area contributed by atoms with Crippen molar-refractivity contribution in [2.75, 3.05) is 18.8 Å². The molecule has 0 aromatic heterocycles. The first kappa shape index (κ1) is 13.7. The summed E-state index contributed by atoms with van der Waals surface area (Å²) in [7, 11) is 0. The minimum absolute atomic E-state index is 0.304. The van der Waals surface area contributed by atoms with E-state index in [2.05, 4.69) is 0 Å². The summed E-state index contributed by atoms with van der Waals surface area (Å²) in [5, 5.41) is 9.24. The fourth-order valence-electron chi connectivity index (χ4n) is 1.91. The summed E-state index contributed by atoms with van der Waals surface area (Å²) < 4.78 is 0. The lowest BCUT2D eigenvalue weighted by Gasteiger charge is -2.20. The van der Waals surface area contributed by atoms with Crippen molar-refractivity contribution in [2.45, 2.75) is 12.8 Å². The van der Waals surface area contributed by atoms with Gasteiger partial charge in [0.2, 0.25) is 0 Å². The minimum Gasteiger partial charge on any atom is -0.480 e. The number of amides is 1. The van der Waals surface area contributed by atoms with E-state index in [1.54, 1.807) is 6.07 Å². The molecule has 0 bridgehead atoms. The monoisotopic (exact) mass is 282 g/mol. The van der Waals surface area contributed by atoms with Crippen LogP contribution < -0.4 is 5.73 Å². The summed E-state index contributed by atoms with van der Waals surface area (Å²) in [5.41, 5.74) is 6.35. The van der Waals surface area contributed by atoms with Crippen LogP contribution >= 0.6 is 11.6 Å². The van der Waals surface area contributed by atoms with Crippen molar-refractivity contribution >= 4 is 29.2 Å². The minimum atomic E-state index is -1.02. The molecule has 0 unspecified atom stereocenters. The number of nitrogens with zero attached hydrogens (tertiary/aromatic N) is 1. The van der Waals surface area contributed by atoms with Crippen molar-refractivity contribution in [3.63, 3.8) is 0 Å². The molecule has 102 valence electrons. The highest BCUT2D eigenvalue weighted by atomic mass is 35.5. The first-order chi connectivity index (χ1) is 8.95. The standard InChI is InChI=1S/C13H15ClN2O3/c14-10-3-9(4-11(15)5-10)13(19)16(7-12(17)18)6-8-1-2-8/h3-5,8H,1-2,6-7,15H2,(H,17,18). The van der Waals surface area contributed by atoms with E-state index in [0.717, 1.165) is 12.8 Å². The maximum absolute atomic E-state index is 12.3. The van der Waals surface area contributed by atoms with Crippen molar-refractivity contribution in [3.8, 4) is 0 Å². The molecule has 0 saturated heterocycles. The molecular formula is C13H15ClN2O3. The molecule has 0 aliphatic heterocycles. The summed E-state index contributed by atoms with van der Waals surface area (Å²) in [6.45, 7) is 0.166. The van der Waals surface area contributed by atoms with Gasteiger partial charge in [0.15, 0.2) is 0 Å². The Bertz CT molecular complexity index is 494. The lowest BCUT2D eigenvalue weighted by atomic mass is 10.1. The van der Waals surface area contributed by atoms with Crippen LogP contribution in [0.1, 0.15) is 23.2 Å². The maximum Gasteiger partial charge on any atom is 0.323 e. The third-order valence-corrected chi connectivity index (χ3v) is 3.17. The zero-order valence-corrected chi connectivity index (χ0v) is 11.1. The van der Waals surface area contributed by atoms with Crippen LogP contribution in [-0.2, 0) is 4.79 Å². The normalized spacial score (nSPS) is 14.2. The molecule has 3 N–H and O–H groups in total. The summed E-state index contributed by atoms with van der Waals surface area (Å²) in [6, 6.07) is 4.55. The zero-order chi connectivity index (χ0) is 14.0. The third-order valence-electron chi connectivity index (χ3n) is 2.96. The third kappa shape index (κ3) is 3.86. The maximum atomic E-state index is 12.3. The van der Waals surface area contributed by atoms with E-state index in [4.69, 9.17) is 22.4 Å². The first-order valence-corrected chi connectivity index (χ1v) is 6.40. The van der Waals surface area contributed by atoms with Gasteiger partial charge in [-0.3, -0.25) is 9.59 Å². The van der Waals surface area contributed by atoms with Gasteiger partial charge < -0.3 is 15.7 Å². The van der Waals surface area contributed by atoms with Gasteiger partial charge in [-0.1, -0.05) is 11.6 Å². The number of aliphatic carboxylic acids is 1. The molecule has 0 radical (unpaired) electrons. The number of carboxylic acid groups (broad SMARTS) is 1. The second-order valence-electron chi connectivity index (χ2n) is 4.80. The number of carbonyl (C=O) groups excluding carboxylic acids is 1. The average molecular weight is 283 g/mol. The number of rotatable bonds is 5. The van der Waals surface area contributed by atoms with Crippen LogP contribution in [0, 0.1) is 5.92 Å². The van der Waals surface area contributed by atoms with E-state index in [9.17, 15) is 9.59 Å². The number of nitrogen functional groups attached to an aromatic ring is 1. The smallest absolute Gasteiger partial charge is 0.323 e. The molecule has 2 rings (SSSR count). The van der Waals surface area contributed by atoms with Gasteiger partial charge in [0.1, 0.15) is 6.54 Å². The Morgan fingerprint density at radius 2 is 2.05 bits per heavy atom. The van der Waals surface area contributed by atoms with Gasteiger partial charge in [0.25, 0.3) is 5.91 Å². The molecule has 0 atom stereocenters. The van der Waals surface area contributed by atoms with Gasteiger partial charge >= 0.3 is 5.97 Å². The number of carbonyl (C=O) groups is 2.